The van der Waals surface area contributed by atoms with Crippen LogP contribution in [-0.4, -0.2) is 68.9 Å². The van der Waals surface area contributed by atoms with E-state index in [1.807, 2.05) is 4.90 Å². The number of alkyl halides is 3. The maximum absolute atomic E-state index is 12.5. The van der Waals surface area contributed by atoms with Crippen LogP contribution in [-0.2, 0) is 16.0 Å². The van der Waals surface area contributed by atoms with Gasteiger partial charge in [-0.15, -0.1) is 0 Å². The summed E-state index contributed by atoms with van der Waals surface area (Å²) in [5.74, 6) is -0.244. The predicted molar refractivity (Wildman–Crippen MR) is 83.5 cm³/mol. The maximum atomic E-state index is 12.5. The topological polar surface area (TPSA) is 57.7 Å². The number of carbonyl (C=O) groups excluding carboxylic acids is 1. The third kappa shape index (κ3) is 5.20. The fourth-order valence-electron chi connectivity index (χ4n) is 2.45. The maximum Gasteiger partial charge on any atom is 0.416 e. The van der Waals surface area contributed by atoms with Gasteiger partial charge in [-0.1, -0.05) is 0 Å². The summed E-state index contributed by atoms with van der Waals surface area (Å²) < 4.78 is 59.9. The number of hydrogen-bond acceptors (Lipinski definition) is 4. The molecule has 24 heavy (non-hydrogen) atoms. The van der Waals surface area contributed by atoms with E-state index in [0.717, 1.165) is 12.1 Å². The van der Waals surface area contributed by atoms with Crippen molar-refractivity contribution in [1.82, 2.24) is 9.80 Å². The lowest BCUT2D eigenvalue weighted by Crippen LogP contribution is -2.49. The number of rotatable bonds is 4. The van der Waals surface area contributed by atoms with Crippen molar-refractivity contribution in [2.75, 3.05) is 44.7 Å². The van der Waals surface area contributed by atoms with E-state index < -0.39 is 21.6 Å². The van der Waals surface area contributed by atoms with Gasteiger partial charge in [0.15, 0.2) is 0 Å². The molecular weight excluding hydrogens is 345 g/mol. The Balaban J connectivity index is 1.91. The van der Waals surface area contributed by atoms with Crippen LogP contribution < -0.4 is 0 Å². The average molecular weight is 364 g/mol. The highest BCUT2D eigenvalue weighted by atomic mass is 32.2. The van der Waals surface area contributed by atoms with Gasteiger partial charge in [-0.2, -0.15) is 13.2 Å². The number of benzene rings is 1. The molecule has 1 heterocycles. The van der Waals surface area contributed by atoms with Crippen LogP contribution in [0.15, 0.2) is 24.3 Å². The Hall–Kier alpha value is -1.61. The van der Waals surface area contributed by atoms with Crippen LogP contribution in [0.5, 0.6) is 0 Å². The first-order chi connectivity index (χ1) is 11.1. The number of hydrogen-bond donors (Lipinski definition) is 0. The molecule has 1 fully saturated rings. The van der Waals surface area contributed by atoms with E-state index >= 15 is 0 Å². The second kappa shape index (κ2) is 7.10. The first kappa shape index (κ1) is 18.7. The molecule has 1 aromatic carbocycles. The van der Waals surface area contributed by atoms with E-state index in [-0.39, 0.29) is 17.2 Å². The summed E-state index contributed by atoms with van der Waals surface area (Å²) in [6.45, 7) is 2.35. The van der Waals surface area contributed by atoms with Crippen molar-refractivity contribution in [2.24, 2.45) is 0 Å². The van der Waals surface area contributed by atoms with Crippen molar-refractivity contribution < 1.29 is 26.4 Å². The predicted octanol–water partition coefficient (Wildman–Crippen LogP) is 1.51. The molecule has 0 radical (unpaired) electrons. The van der Waals surface area contributed by atoms with Gasteiger partial charge in [-0.3, -0.25) is 9.69 Å². The van der Waals surface area contributed by atoms with Gasteiger partial charge in [0.1, 0.15) is 9.84 Å². The zero-order chi connectivity index (χ0) is 18.0. The molecule has 0 bridgehead atoms. The van der Waals surface area contributed by atoms with Crippen molar-refractivity contribution in [3.05, 3.63) is 35.4 Å². The zero-order valence-corrected chi connectivity index (χ0v) is 14.0. The second-order valence-corrected chi connectivity index (χ2v) is 8.10. The lowest BCUT2D eigenvalue weighted by Gasteiger charge is -2.34. The molecule has 2 rings (SSSR count). The van der Waals surface area contributed by atoms with Gasteiger partial charge >= 0.3 is 6.18 Å². The molecule has 0 unspecified atom stereocenters. The third-order valence-corrected chi connectivity index (χ3v) is 4.82. The molecular formula is C15H19F3N2O3S. The average Bonchev–Trinajstić information content (AvgIpc) is 2.51. The van der Waals surface area contributed by atoms with Gasteiger partial charge in [0.25, 0.3) is 5.91 Å². The zero-order valence-electron chi connectivity index (χ0n) is 13.2. The molecule has 0 atom stereocenters. The highest BCUT2D eigenvalue weighted by Crippen LogP contribution is 2.29. The molecule has 0 spiro atoms. The lowest BCUT2D eigenvalue weighted by molar-refractivity contribution is -0.137. The van der Waals surface area contributed by atoms with Gasteiger partial charge in [0.05, 0.1) is 11.3 Å². The Labute approximate surface area is 139 Å². The summed E-state index contributed by atoms with van der Waals surface area (Å²) in [6, 6.07) is 4.16. The molecule has 1 aliphatic rings. The van der Waals surface area contributed by atoms with E-state index in [0.29, 0.717) is 32.7 Å². The summed E-state index contributed by atoms with van der Waals surface area (Å²) in [4.78, 5) is 15.8. The minimum absolute atomic E-state index is 0.0693. The van der Waals surface area contributed by atoms with E-state index in [2.05, 4.69) is 0 Å². The Bertz CT molecular complexity index is 679. The van der Waals surface area contributed by atoms with Crippen LogP contribution in [0.4, 0.5) is 13.2 Å². The summed E-state index contributed by atoms with van der Waals surface area (Å²) in [6.07, 6.45) is -3.25. The molecule has 1 amide bonds. The Morgan fingerprint density at radius 3 is 2.08 bits per heavy atom. The van der Waals surface area contributed by atoms with Gasteiger partial charge in [-0.05, 0) is 24.3 Å². The molecule has 0 aromatic heterocycles. The van der Waals surface area contributed by atoms with Crippen LogP contribution in [0.3, 0.4) is 0 Å². The monoisotopic (exact) mass is 364 g/mol. The van der Waals surface area contributed by atoms with Crippen molar-refractivity contribution in [3.63, 3.8) is 0 Å². The summed E-state index contributed by atoms with van der Waals surface area (Å²) >= 11 is 0. The number of nitrogens with zero attached hydrogens (tertiary/aromatic N) is 2. The van der Waals surface area contributed by atoms with Crippen LogP contribution in [0, 0.1) is 0 Å². The Kier molecular flexibility index (Phi) is 5.54. The van der Waals surface area contributed by atoms with Crippen molar-refractivity contribution >= 4 is 15.7 Å². The highest BCUT2D eigenvalue weighted by Gasteiger charge is 2.30. The van der Waals surface area contributed by atoms with E-state index in [1.165, 1.54) is 18.4 Å². The van der Waals surface area contributed by atoms with E-state index in [9.17, 15) is 26.4 Å². The molecule has 0 saturated carbocycles. The van der Waals surface area contributed by atoms with Crippen molar-refractivity contribution in [3.8, 4) is 0 Å². The summed E-state index contributed by atoms with van der Waals surface area (Å²) in [7, 11) is -3.03. The minimum atomic E-state index is -4.42. The van der Waals surface area contributed by atoms with Crippen molar-refractivity contribution in [2.45, 2.75) is 6.18 Å². The molecule has 0 aliphatic carbocycles. The van der Waals surface area contributed by atoms with E-state index in [4.69, 9.17) is 0 Å². The standard InChI is InChI=1S/C15H19F3N2O3S/c1-24(22,23)11-10-19-6-8-20(9-7-19)14(21)12-2-4-13(5-3-12)15(16,17)18/h2-5H,6-11H2,1H3. The molecule has 1 saturated heterocycles. The molecule has 134 valence electrons. The molecule has 9 heteroatoms. The summed E-state index contributed by atoms with van der Waals surface area (Å²) in [5, 5.41) is 0. The van der Waals surface area contributed by atoms with Crippen LogP contribution in [0.25, 0.3) is 0 Å². The van der Waals surface area contributed by atoms with Crippen LogP contribution >= 0.6 is 0 Å². The SMILES string of the molecule is CS(=O)(=O)CCN1CCN(C(=O)c2ccc(C(F)(F)F)cc2)CC1. The van der Waals surface area contributed by atoms with Gasteiger partial charge in [0, 0.05) is 44.5 Å². The first-order valence-corrected chi connectivity index (χ1v) is 9.49. The molecule has 0 N–H and O–H groups in total. The lowest BCUT2D eigenvalue weighted by atomic mass is 10.1. The summed E-state index contributed by atoms with van der Waals surface area (Å²) in [5.41, 5.74) is -0.572. The quantitative estimate of drug-likeness (QED) is 0.813. The van der Waals surface area contributed by atoms with Gasteiger partial charge in [-0.25, -0.2) is 8.42 Å². The van der Waals surface area contributed by atoms with Gasteiger partial charge < -0.3 is 4.90 Å². The van der Waals surface area contributed by atoms with Gasteiger partial charge in [0.2, 0.25) is 0 Å². The van der Waals surface area contributed by atoms with Crippen LogP contribution in [0.2, 0.25) is 0 Å². The van der Waals surface area contributed by atoms with Crippen LogP contribution in [0.1, 0.15) is 15.9 Å². The molecule has 1 aromatic rings. The number of sulfone groups is 1. The Morgan fingerprint density at radius 2 is 1.62 bits per heavy atom. The second-order valence-electron chi connectivity index (χ2n) is 5.84. The number of halogens is 3. The molecule has 5 nitrogen and oxygen atoms in total. The highest BCUT2D eigenvalue weighted by molar-refractivity contribution is 7.90. The van der Waals surface area contributed by atoms with E-state index in [1.54, 1.807) is 4.90 Å². The van der Waals surface area contributed by atoms with Crippen molar-refractivity contribution in [1.29, 1.82) is 0 Å². The normalized spacial score (nSPS) is 17.1. The number of amides is 1. The minimum Gasteiger partial charge on any atom is -0.336 e. The number of piperazine rings is 1. The Morgan fingerprint density at radius 1 is 1.08 bits per heavy atom. The number of carbonyl (C=O) groups is 1. The largest absolute Gasteiger partial charge is 0.416 e. The fourth-order valence-corrected chi connectivity index (χ4v) is 3.04. The fraction of sp³-hybridized carbons (Fsp3) is 0.533. The molecule has 1 aliphatic heterocycles. The smallest absolute Gasteiger partial charge is 0.336 e. The third-order valence-electron chi connectivity index (χ3n) is 3.90. The first-order valence-electron chi connectivity index (χ1n) is 7.43.